The Balaban J connectivity index is 1.57. The molecule has 9 heteroatoms. The molecule has 1 unspecified atom stereocenters. The summed E-state index contributed by atoms with van der Waals surface area (Å²) in [4.78, 5) is 26.2. The summed E-state index contributed by atoms with van der Waals surface area (Å²) >= 11 is 0. The fourth-order valence-electron chi connectivity index (χ4n) is 4.06. The van der Waals surface area contributed by atoms with Crippen molar-refractivity contribution in [3.8, 4) is 0 Å². The zero-order valence-electron chi connectivity index (χ0n) is 16.4. The zero-order chi connectivity index (χ0) is 19.4. The minimum atomic E-state index is -0.230. The van der Waals surface area contributed by atoms with E-state index in [1.165, 1.54) is 0 Å². The van der Waals surface area contributed by atoms with Crippen LogP contribution >= 0.6 is 0 Å². The van der Waals surface area contributed by atoms with Crippen molar-refractivity contribution in [3.05, 3.63) is 11.9 Å². The molecule has 2 heterocycles. The number of carbonyl (C=O) groups excluding carboxylic acids is 2. The lowest BCUT2D eigenvalue weighted by molar-refractivity contribution is -0.0229. The van der Waals surface area contributed by atoms with E-state index in [1.807, 2.05) is 23.4 Å². The Morgan fingerprint density at radius 2 is 2.07 bits per heavy atom. The SMILES string of the molecule is COCCNC(=O)c1cn(C2CCC23CCN(C(=O)NC(C)C)CC3)nn1. The zero-order valence-corrected chi connectivity index (χ0v) is 16.4. The van der Waals surface area contributed by atoms with Gasteiger partial charge in [-0.15, -0.1) is 5.10 Å². The number of ether oxygens (including phenoxy) is 1. The number of urea groups is 1. The Kier molecular flexibility index (Phi) is 5.98. The number of aromatic nitrogens is 3. The van der Waals surface area contributed by atoms with E-state index in [0.29, 0.717) is 18.8 Å². The number of carbonyl (C=O) groups is 2. The van der Waals surface area contributed by atoms with E-state index in [4.69, 9.17) is 4.74 Å². The molecule has 1 aliphatic carbocycles. The number of hydrogen-bond acceptors (Lipinski definition) is 5. The normalized spacial score (nSPS) is 21.2. The van der Waals surface area contributed by atoms with Crippen LogP contribution in [0.5, 0.6) is 0 Å². The second-order valence-corrected chi connectivity index (χ2v) is 7.84. The third-order valence-electron chi connectivity index (χ3n) is 5.74. The van der Waals surface area contributed by atoms with E-state index in [9.17, 15) is 9.59 Å². The summed E-state index contributed by atoms with van der Waals surface area (Å²) in [5.41, 5.74) is 0.494. The maximum absolute atomic E-state index is 12.2. The summed E-state index contributed by atoms with van der Waals surface area (Å²) in [6.45, 7) is 6.37. The second kappa shape index (κ2) is 8.24. The quantitative estimate of drug-likeness (QED) is 0.724. The molecular weight excluding hydrogens is 348 g/mol. The lowest BCUT2D eigenvalue weighted by Gasteiger charge is -2.53. The predicted molar refractivity (Wildman–Crippen MR) is 99.4 cm³/mol. The summed E-state index contributed by atoms with van der Waals surface area (Å²) in [6, 6.07) is 0.417. The van der Waals surface area contributed by atoms with Crippen LogP contribution < -0.4 is 10.6 Å². The first-order chi connectivity index (χ1) is 12.9. The molecule has 150 valence electrons. The second-order valence-electron chi connectivity index (χ2n) is 7.84. The molecular formula is C18H30N6O3. The van der Waals surface area contributed by atoms with Crippen molar-refractivity contribution in [1.82, 2.24) is 30.5 Å². The predicted octanol–water partition coefficient (Wildman–Crippen LogP) is 1.19. The first-order valence-electron chi connectivity index (χ1n) is 9.69. The van der Waals surface area contributed by atoms with Crippen LogP contribution in [0.2, 0.25) is 0 Å². The van der Waals surface area contributed by atoms with Crippen LogP contribution in [0.1, 0.15) is 56.1 Å². The molecule has 0 bridgehead atoms. The lowest BCUT2D eigenvalue weighted by Crippen LogP contribution is -2.53. The molecule has 0 radical (unpaired) electrons. The van der Waals surface area contributed by atoms with Gasteiger partial charge in [0.25, 0.3) is 5.91 Å². The van der Waals surface area contributed by atoms with Crippen LogP contribution in [0, 0.1) is 5.41 Å². The first-order valence-corrected chi connectivity index (χ1v) is 9.69. The molecule has 2 aliphatic rings. The van der Waals surface area contributed by atoms with Crippen molar-refractivity contribution in [2.75, 3.05) is 33.4 Å². The van der Waals surface area contributed by atoms with Gasteiger partial charge >= 0.3 is 6.03 Å². The van der Waals surface area contributed by atoms with Gasteiger partial charge in [-0.3, -0.25) is 4.79 Å². The third-order valence-corrected chi connectivity index (χ3v) is 5.74. The van der Waals surface area contributed by atoms with Gasteiger partial charge in [0.15, 0.2) is 5.69 Å². The number of amides is 3. The average Bonchev–Trinajstić information content (AvgIpc) is 3.09. The number of nitrogens with zero attached hydrogens (tertiary/aromatic N) is 4. The Hall–Kier alpha value is -2.16. The van der Waals surface area contributed by atoms with E-state index >= 15 is 0 Å². The van der Waals surface area contributed by atoms with Gasteiger partial charge in [-0.2, -0.15) is 0 Å². The highest BCUT2D eigenvalue weighted by molar-refractivity contribution is 5.91. The van der Waals surface area contributed by atoms with Gasteiger partial charge in [0.2, 0.25) is 0 Å². The summed E-state index contributed by atoms with van der Waals surface area (Å²) in [5.74, 6) is -0.230. The molecule has 2 N–H and O–H groups in total. The van der Waals surface area contributed by atoms with Gasteiger partial charge in [-0.1, -0.05) is 5.21 Å². The van der Waals surface area contributed by atoms with Crippen molar-refractivity contribution < 1.29 is 14.3 Å². The Morgan fingerprint density at radius 1 is 1.33 bits per heavy atom. The van der Waals surface area contributed by atoms with E-state index in [1.54, 1.807) is 13.3 Å². The minimum absolute atomic E-state index is 0.0199. The van der Waals surface area contributed by atoms with Crippen molar-refractivity contribution >= 4 is 11.9 Å². The number of nitrogens with one attached hydrogen (secondary N) is 2. The lowest BCUT2D eigenvalue weighted by atomic mass is 9.59. The van der Waals surface area contributed by atoms with E-state index in [-0.39, 0.29) is 29.4 Å². The third kappa shape index (κ3) is 4.23. The number of piperidine rings is 1. The molecule has 3 rings (SSSR count). The van der Waals surface area contributed by atoms with E-state index in [0.717, 1.165) is 38.8 Å². The van der Waals surface area contributed by atoms with Crippen LogP contribution in [0.25, 0.3) is 0 Å². The van der Waals surface area contributed by atoms with Gasteiger partial charge in [-0.05, 0) is 44.9 Å². The van der Waals surface area contributed by atoms with Crippen LogP contribution in [0.4, 0.5) is 4.79 Å². The summed E-state index contributed by atoms with van der Waals surface area (Å²) in [5, 5.41) is 14.0. The largest absolute Gasteiger partial charge is 0.383 e. The molecule has 0 aromatic carbocycles. The molecule has 2 fully saturated rings. The monoisotopic (exact) mass is 378 g/mol. The highest BCUT2D eigenvalue weighted by atomic mass is 16.5. The molecule has 1 saturated carbocycles. The molecule has 1 spiro atoms. The molecule has 27 heavy (non-hydrogen) atoms. The van der Waals surface area contributed by atoms with Crippen molar-refractivity contribution in [3.63, 3.8) is 0 Å². The van der Waals surface area contributed by atoms with Crippen LogP contribution in [-0.2, 0) is 4.74 Å². The smallest absolute Gasteiger partial charge is 0.317 e. The van der Waals surface area contributed by atoms with Crippen molar-refractivity contribution in [2.45, 2.75) is 51.6 Å². The van der Waals surface area contributed by atoms with Gasteiger partial charge in [-0.25, -0.2) is 9.48 Å². The Morgan fingerprint density at radius 3 is 2.67 bits per heavy atom. The first kappa shape index (κ1) is 19.6. The molecule has 3 amide bonds. The topological polar surface area (TPSA) is 101 Å². The summed E-state index contributed by atoms with van der Waals surface area (Å²) in [7, 11) is 1.59. The van der Waals surface area contributed by atoms with Gasteiger partial charge in [0.05, 0.1) is 18.8 Å². The highest BCUT2D eigenvalue weighted by Gasteiger charge is 2.50. The fourth-order valence-corrected chi connectivity index (χ4v) is 4.06. The van der Waals surface area contributed by atoms with Crippen LogP contribution in [-0.4, -0.2) is 71.2 Å². The molecule has 1 aliphatic heterocycles. The number of methoxy groups -OCH3 is 1. The van der Waals surface area contributed by atoms with E-state index < -0.39 is 0 Å². The average molecular weight is 378 g/mol. The van der Waals surface area contributed by atoms with Gasteiger partial charge in [0, 0.05) is 32.8 Å². The highest BCUT2D eigenvalue weighted by Crippen LogP contribution is 2.56. The number of rotatable bonds is 6. The van der Waals surface area contributed by atoms with Crippen molar-refractivity contribution in [1.29, 1.82) is 0 Å². The molecule has 1 atom stereocenters. The molecule has 9 nitrogen and oxygen atoms in total. The van der Waals surface area contributed by atoms with Gasteiger partial charge < -0.3 is 20.3 Å². The maximum atomic E-state index is 12.2. The minimum Gasteiger partial charge on any atom is -0.383 e. The number of likely N-dealkylation sites (tertiary alicyclic amines) is 1. The molecule has 1 aromatic rings. The Labute approximate surface area is 159 Å². The standard InChI is InChI=1S/C18H30N6O3/c1-13(2)20-17(26)23-9-6-18(7-10-23)5-4-15(18)24-12-14(21-22-24)16(25)19-8-11-27-3/h12-13,15H,4-11H2,1-3H3,(H,19,25)(H,20,26). The number of hydrogen-bond donors (Lipinski definition) is 2. The van der Waals surface area contributed by atoms with Crippen molar-refractivity contribution in [2.24, 2.45) is 5.41 Å². The van der Waals surface area contributed by atoms with E-state index in [2.05, 4.69) is 20.9 Å². The Bertz CT molecular complexity index is 666. The van der Waals surface area contributed by atoms with Crippen LogP contribution in [0.3, 0.4) is 0 Å². The molecule has 1 aromatic heterocycles. The maximum Gasteiger partial charge on any atom is 0.317 e. The summed E-state index contributed by atoms with van der Waals surface area (Å²) in [6.07, 6.45) is 5.82. The summed E-state index contributed by atoms with van der Waals surface area (Å²) < 4.78 is 6.78. The molecule has 1 saturated heterocycles. The van der Waals surface area contributed by atoms with Gasteiger partial charge in [0.1, 0.15) is 0 Å². The van der Waals surface area contributed by atoms with Crippen LogP contribution in [0.15, 0.2) is 6.20 Å². The fraction of sp³-hybridized carbons (Fsp3) is 0.778.